The van der Waals surface area contributed by atoms with Crippen LogP contribution in [0.25, 0.3) is 0 Å². The van der Waals surface area contributed by atoms with Gasteiger partial charge in [0.05, 0.1) is 7.11 Å². The molecular formula is C31H36BClFN4O2. The number of rotatable bonds is 11. The van der Waals surface area contributed by atoms with E-state index in [1.807, 2.05) is 61.5 Å². The summed E-state index contributed by atoms with van der Waals surface area (Å²) in [6.45, 7) is 5.84. The van der Waals surface area contributed by atoms with Crippen LogP contribution >= 0.6 is 11.6 Å². The quantitative estimate of drug-likeness (QED) is 0.198. The van der Waals surface area contributed by atoms with Gasteiger partial charge < -0.3 is 14.5 Å². The van der Waals surface area contributed by atoms with Crippen LogP contribution in [0.15, 0.2) is 60.7 Å². The number of likely N-dealkylation sites (tertiary alicyclic amines) is 1. The molecule has 1 fully saturated rings. The highest BCUT2D eigenvalue weighted by Gasteiger charge is 2.21. The highest BCUT2D eigenvalue weighted by molar-refractivity contribution is 6.51. The molecule has 1 amide bonds. The molecule has 40 heavy (non-hydrogen) atoms. The van der Waals surface area contributed by atoms with Crippen LogP contribution in [-0.4, -0.2) is 62.2 Å². The number of amides is 1. The second kappa shape index (κ2) is 14.3. The Bertz CT molecular complexity index is 1330. The van der Waals surface area contributed by atoms with Gasteiger partial charge in [0.25, 0.3) is 5.91 Å². The number of nitrogens with one attached hydrogen (secondary N) is 2. The summed E-state index contributed by atoms with van der Waals surface area (Å²) in [4.78, 5) is 17.6. The smallest absolute Gasteiger partial charge is 0.258 e. The monoisotopic (exact) mass is 561 g/mol. The largest absolute Gasteiger partial charge is 0.496 e. The van der Waals surface area contributed by atoms with Gasteiger partial charge in [-0.2, -0.15) is 0 Å². The molecule has 209 valence electrons. The van der Waals surface area contributed by atoms with Crippen LogP contribution in [0.3, 0.4) is 0 Å². The van der Waals surface area contributed by atoms with E-state index in [2.05, 4.69) is 10.2 Å². The third-order valence-corrected chi connectivity index (χ3v) is 7.58. The summed E-state index contributed by atoms with van der Waals surface area (Å²) in [5.74, 6) is -0.239. The van der Waals surface area contributed by atoms with Crippen molar-refractivity contribution in [2.75, 3.05) is 33.3 Å². The maximum atomic E-state index is 15.1. The van der Waals surface area contributed by atoms with E-state index < -0.39 is 11.7 Å². The third kappa shape index (κ3) is 7.86. The zero-order valence-corrected chi connectivity index (χ0v) is 23.9. The van der Waals surface area contributed by atoms with Gasteiger partial charge in [0.1, 0.15) is 18.8 Å². The Balaban J connectivity index is 1.50. The molecule has 3 aromatic rings. The SMILES string of the molecule is C[B]c1ccc(OC)c(CCc2c(F)cccc2C(=O)NC(=N)N(CCN2CCCC2)Cc2cccc(Cl)c2)c1. The van der Waals surface area contributed by atoms with Gasteiger partial charge in [-0.25, -0.2) is 4.39 Å². The number of aryl methyl sites for hydroxylation is 1. The van der Waals surface area contributed by atoms with Crippen molar-refractivity contribution in [1.82, 2.24) is 15.1 Å². The molecule has 0 unspecified atom stereocenters. The zero-order valence-electron chi connectivity index (χ0n) is 23.2. The molecule has 6 nitrogen and oxygen atoms in total. The molecule has 1 heterocycles. The van der Waals surface area contributed by atoms with Crippen molar-refractivity contribution < 1.29 is 13.9 Å². The first-order valence-electron chi connectivity index (χ1n) is 13.7. The minimum atomic E-state index is -0.501. The minimum absolute atomic E-state index is 0.0211. The van der Waals surface area contributed by atoms with E-state index in [0.29, 0.717) is 36.5 Å². The van der Waals surface area contributed by atoms with Gasteiger partial charge in [-0.3, -0.25) is 15.5 Å². The molecule has 0 atom stereocenters. The Morgan fingerprint density at radius 1 is 1.12 bits per heavy atom. The highest BCUT2D eigenvalue weighted by Crippen LogP contribution is 2.22. The first-order chi connectivity index (χ1) is 19.4. The number of methoxy groups -OCH3 is 1. The lowest BCUT2D eigenvalue weighted by atomic mass is 9.72. The molecule has 0 saturated carbocycles. The Morgan fingerprint density at radius 2 is 1.90 bits per heavy atom. The first-order valence-corrected chi connectivity index (χ1v) is 14.1. The molecule has 2 N–H and O–H groups in total. The molecule has 0 spiro atoms. The van der Waals surface area contributed by atoms with E-state index in [9.17, 15) is 4.79 Å². The topological polar surface area (TPSA) is 68.7 Å². The number of halogens is 2. The summed E-state index contributed by atoms with van der Waals surface area (Å²) in [5.41, 5.74) is 3.47. The highest BCUT2D eigenvalue weighted by atomic mass is 35.5. The van der Waals surface area contributed by atoms with Gasteiger partial charge in [0, 0.05) is 35.8 Å². The van der Waals surface area contributed by atoms with Crippen molar-refractivity contribution in [2.45, 2.75) is 39.1 Å². The number of carbonyl (C=O) groups excluding carboxylic acids is 1. The molecule has 0 bridgehead atoms. The number of hydrogen-bond donors (Lipinski definition) is 2. The molecular weight excluding hydrogens is 526 g/mol. The van der Waals surface area contributed by atoms with Crippen molar-refractivity contribution in [3.8, 4) is 5.75 Å². The summed E-state index contributed by atoms with van der Waals surface area (Å²) in [7, 11) is 3.61. The van der Waals surface area contributed by atoms with E-state index in [1.165, 1.54) is 25.0 Å². The molecule has 4 rings (SSSR count). The second-order valence-corrected chi connectivity index (χ2v) is 10.5. The average Bonchev–Trinajstić information content (AvgIpc) is 3.48. The fraction of sp³-hybridized carbons (Fsp3) is 0.355. The van der Waals surface area contributed by atoms with Crippen LogP contribution < -0.4 is 15.5 Å². The molecule has 1 aliphatic heterocycles. The van der Waals surface area contributed by atoms with Crippen LogP contribution in [-0.2, 0) is 19.4 Å². The molecule has 1 aliphatic rings. The van der Waals surface area contributed by atoms with Crippen LogP contribution in [0, 0.1) is 11.2 Å². The zero-order chi connectivity index (χ0) is 28.5. The maximum absolute atomic E-state index is 15.1. The van der Waals surface area contributed by atoms with Crippen molar-refractivity contribution in [3.63, 3.8) is 0 Å². The minimum Gasteiger partial charge on any atom is -0.496 e. The molecule has 3 aromatic carbocycles. The lowest BCUT2D eigenvalue weighted by molar-refractivity contribution is 0.0969. The Hall–Kier alpha value is -3.36. The fourth-order valence-corrected chi connectivity index (χ4v) is 5.32. The Labute approximate surface area is 242 Å². The summed E-state index contributed by atoms with van der Waals surface area (Å²) in [5, 5.41) is 12.1. The average molecular weight is 562 g/mol. The summed E-state index contributed by atoms with van der Waals surface area (Å²) >= 11 is 6.20. The van der Waals surface area contributed by atoms with Crippen molar-refractivity contribution in [2.24, 2.45) is 0 Å². The van der Waals surface area contributed by atoms with Gasteiger partial charge in [0.15, 0.2) is 5.96 Å². The van der Waals surface area contributed by atoms with E-state index >= 15 is 4.39 Å². The lowest BCUT2D eigenvalue weighted by Gasteiger charge is -2.28. The van der Waals surface area contributed by atoms with Crippen LogP contribution in [0.5, 0.6) is 5.75 Å². The number of guanidine groups is 1. The van der Waals surface area contributed by atoms with Gasteiger partial charge in [-0.15, -0.1) is 0 Å². The number of carbonyl (C=O) groups is 1. The second-order valence-electron chi connectivity index (χ2n) is 10.0. The molecule has 1 radical (unpaired) electrons. The summed E-state index contributed by atoms with van der Waals surface area (Å²) < 4.78 is 20.6. The summed E-state index contributed by atoms with van der Waals surface area (Å²) in [6, 6.07) is 17.9. The molecule has 0 aliphatic carbocycles. The predicted molar refractivity (Wildman–Crippen MR) is 161 cm³/mol. The third-order valence-electron chi connectivity index (χ3n) is 7.34. The van der Waals surface area contributed by atoms with Crippen LogP contribution in [0.2, 0.25) is 11.8 Å². The molecule has 9 heteroatoms. The van der Waals surface area contributed by atoms with Crippen molar-refractivity contribution in [1.29, 1.82) is 5.41 Å². The van der Waals surface area contributed by atoms with Gasteiger partial charge in [-0.1, -0.05) is 54.2 Å². The van der Waals surface area contributed by atoms with Crippen molar-refractivity contribution in [3.05, 3.63) is 93.8 Å². The number of ether oxygens (including phenoxy) is 1. The Morgan fingerprint density at radius 3 is 2.62 bits per heavy atom. The fourth-order valence-electron chi connectivity index (χ4n) is 5.11. The predicted octanol–water partition coefficient (Wildman–Crippen LogP) is 4.91. The van der Waals surface area contributed by atoms with E-state index in [1.54, 1.807) is 13.2 Å². The Kier molecular flexibility index (Phi) is 10.6. The maximum Gasteiger partial charge on any atom is 0.258 e. The number of benzene rings is 3. The van der Waals surface area contributed by atoms with Crippen molar-refractivity contribution >= 4 is 36.2 Å². The van der Waals surface area contributed by atoms with E-state index in [4.69, 9.17) is 21.7 Å². The summed E-state index contributed by atoms with van der Waals surface area (Å²) in [6.07, 6.45) is 3.17. The number of hydrogen-bond acceptors (Lipinski definition) is 4. The van der Waals surface area contributed by atoms with Gasteiger partial charge in [0.2, 0.25) is 0 Å². The van der Waals surface area contributed by atoms with Crippen LogP contribution in [0.1, 0.15) is 39.9 Å². The molecule has 1 saturated heterocycles. The van der Waals surface area contributed by atoms with E-state index in [0.717, 1.165) is 42.0 Å². The number of nitrogens with zero attached hydrogens (tertiary/aromatic N) is 2. The van der Waals surface area contributed by atoms with E-state index in [-0.39, 0.29) is 11.5 Å². The van der Waals surface area contributed by atoms with Gasteiger partial charge >= 0.3 is 0 Å². The normalized spacial score (nSPS) is 13.2. The molecule has 0 aromatic heterocycles. The standard InChI is InChI=1S/C31H36BClFN4O2/c1-32-24-12-14-29(40-2)23(20-24)11-13-26-27(9-6-10-28(26)34)30(39)36-31(35)38(18-17-37-15-3-4-16-37)21-22-7-5-8-25(33)19-22/h5-10,12,14,19-20H,3-4,11,13,15-18,21H2,1-2H3,(H2,35,36,39). The first kappa shape index (κ1) is 29.6. The van der Waals surface area contributed by atoms with Gasteiger partial charge in [-0.05, 0) is 80.2 Å². The van der Waals surface area contributed by atoms with Crippen LogP contribution in [0.4, 0.5) is 4.39 Å². The lowest BCUT2D eigenvalue weighted by Crippen LogP contribution is -2.46.